The molecule has 12 nitrogen and oxygen atoms in total. The number of hydrogen-bond donors (Lipinski definition) is 2. The van der Waals surface area contributed by atoms with Gasteiger partial charge >= 0.3 is 12.2 Å². The van der Waals surface area contributed by atoms with Crippen LogP contribution in [0.2, 0.25) is 0 Å². The van der Waals surface area contributed by atoms with Crippen molar-refractivity contribution in [3.63, 3.8) is 0 Å². The first-order chi connectivity index (χ1) is 23.8. The SMILES string of the molecule is CN(Cc1ccc(NC(=O)OC(C)(C)C)cc1)C(=O)C#CC(=O)c1cscc1C(=O)C#CC(=O)N(C)Cc1ccc(NC(=O)OC(C)(C)C)cc1. The highest BCUT2D eigenvalue weighted by molar-refractivity contribution is 7.08. The highest BCUT2D eigenvalue weighted by Crippen LogP contribution is 2.18. The standard InChI is InChI=1S/C38H40N4O8S/c1-37(2,3)49-35(47)39-27-13-9-25(10-14-27)21-41(7)33(45)19-17-31(43)29-23-51-24-30(29)32(44)18-20-34(46)42(8)22-26-11-15-28(16-12-26)40-36(48)50-38(4,5)6/h9-16,23-24H,21-22H2,1-8H3,(H,39,47)(H,40,48). The summed E-state index contributed by atoms with van der Waals surface area (Å²) in [4.78, 5) is 77.5. The topological polar surface area (TPSA) is 151 Å². The summed E-state index contributed by atoms with van der Waals surface area (Å²) in [5, 5.41) is 8.13. The van der Waals surface area contributed by atoms with Crippen LogP contribution < -0.4 is 10.6 Å². The van der Waals surface area contributed by atoms with Crippen LogP contribution in [-0.4, -0.2) is 70.7 Å². The van der Waals surface area contributed by atoms with E-state index in [0.717, 1.165) is 22.5 Å². The maximum absolute atomic E-state index is 12.8. The Morgan fingerprint density at radius 2 is 0.922 bits per heavy atom. The first kappa shape index (κ1) is 39.5. The number of anilines is 2. The largest absolute Gasteiger partial charge is 0.444 e. The number of rotatable bonds is 8. The van der Waals surface area contributed by atoms with E-state index in [1.165, 1.54) is 34.7 Å². The van der Waals surface area contributed by atoms with Gasteiger partial charge in [-0.2, -0.15) is 11.3 Å². The lowest BCUT2D eigenvalue weighted by Gasteiger charge is -2.20. The van der Waals surface area contributed by atoms with Crippen LogP contribution in [0.15, 0.2) is 59.3 Å². The van der Waals surface area contributed by atoms with Crippen molar-refractivity contribution < 1.29 is 38.2 Å². The number of nitrogens with zero attached hydrogens (tertiary/aromatic N) is 2. The first-order valence-electron chi connectivity index (χ1n) is 15.7. The van der Waals surface area contributed by atoms with E-state index in [2.05, 4.69) is 34.3 Å². The molecule has 0 saturated heterocycles. The summed E-state index contributed by atoms with van der Waals surface area (Å²) in [7, 11) is 3.05. The number of amides is 4. The second-order valence-corrected chi connectivity index (χ2v) is 14.1. The van der Waals surface area contributed by atoms with Gasteiger partial charge < -0.3 is 19.3 Å². The van der Waals surface area contributed by atoms with Crippen LogP contribution >= 0.6 is 11.3 Å². The summed E-state index contributed by atoms with van der Waals surface area (Å²) in [6.07, 6.45) is -1.17. The van der Waals surface area contributed by atoms with Crippen molar-refractivity contribution in [1.29, 1.82) is 0 Å². The van der Waals surface area contributed by atoms with E-state index in [0.29, 0.717) is 11.4 Å². The van der Waals surface area contributed by atoms with Gasteiger partial charge in [0, 0.05) is 61.2 Å². The molecule has 0 spiro atoms. The van der Waals surface area contributed by atoms with Gasteiger partial charge in [-0.15, -0.1) is 0 Å². The number of thiophene rings is 1. The van der Waals surface area contributed by atoms with Gasteiger partial charge in [-0.1, -0.05) is 24.3 Å². The summed E-state index contributed by atoms with van der Waals surface area (Å²) in [5.41, 5.74) is 1.25. The van der Waals surface area contributed by atoms with Crippen molar-refractivity contribution in [3.05, 3.63) is 81.5 Å². The summed E-state index contributed by atoms with van der Waals surface area (Å²) >= 11 is 1.09. The molecule has 0 saturated carbocycles. The van der Waals surface area contributed by atoms with Gasteiger partial charge in [-0.05, 0) is 88.8 Å². The quantitative estimate of drug-likeness (QED) is 0.161. The molecule has 4 amide bonds. The second kappa shape index (κ2) is 17.1. The predicted octanol–water partition coefficient (Wildman–Crippen LogP) is 6.13. The number of nitrogens with one attached hydrogen (secondary N) is 2. The number of benzene rings is 2. The molecule has 3 aromatic rings. The Balaban J connectivity index is 1.54. The molecule has 0 aliphatic carbocycles. The lowest BCUT2D eigenvalue weighted by atomic mass is 10.1. The van der Waals surface area contributed by atoms with Gasteiger partial charge in [-0.25, -0.2) is 9.59 Å². The Morgan fingerprint density at radius 3 is 1.24 bits per heavy atom. The van der Waals surface area contributed by atoms with Crippen molar-refractivity contribution in [1.82, 2.24) is 9.80 Å². The van der Waals surface area contributed by atoms with Gasteiger partial charge in [0.15, 0.2) is 0 Å². The fourth-order valence-corrected chi connectivity index (χ4v) is 4.92. The molecule has 3 rings (SSSR count). The Hall–Kier alpha value is -5.92. The summed E-state index contributed by atoms with van der Waals surface area (Å²) < 4.78 is 10.5. The minimum Gasteiger partial charge on any atom is -0.444 e. The van der Waals surface area contributed by atoms with E-state index in [4.69, 9.17) is 9.47 Å². The fourth-order valence-electron chi connectivity index (χ4n) is 4.12. The second-order valence-electron chi connectivity index (χ2n) is 13.3. The molecular formula is C38H40N4O8S. The van der Waals surface area contributed by atoms with Crippen LogP contribution in [0, 0.1) is 23.7 Å². The third kappa shape index (κ3) is 13.5. The molecule has 266 valence electrons. The lowest BCUT2D eigenvalue weighted by molar-refractivity contribution is -0.125. The average Bonchev–Trinajstić information content (AvgIpc) is 3.52. The number of Topliss-reactive ketones (excluding diaryl/α,β-unsaturated/α-hetero) is 2. The number of ketones is 2. The van der Waals surface area contributed by atoms with Crippen molar-refractivity contribution in [2.24, 2.45) is 0 Å². The van der Waals surface area contributed by atoms with Crippen LogP contribution in [0.1, 0.15) is 73.4 Å². The van der Waals surface area contributed by atoms with Gasteiger partial charge in [0.05, 0.1) is 11.1 Å². The Morgan fingerprint density at radius 1 is 0.588 bits per heavy atom. The smallest absolute Gasteiger partial charge is 0.412 e. The van der Waals surface area contributed by atoms with E-state index in [1.54, 1.807) is 90.1 Å². The Kier molecular flexibility index (Phi) is 13.3. The molecule has 0 aliphatic rings. The number of carbonyl (C=O) groups is 6. The van der Waals surface area contributed by atoms with E-state index in [1.807, 2.05) is 0 Å². The lowest BCUT2D eigenvalue weighted by Crippen LogP contribution is -2.27. The minimum atomic E-state index is -0.742. The summed E-state index contributed by atoms with van der Waals surface area (Å²) in [6, 6.07) is 13.6. The molecular weight excluding hydrogens is 673 g/mol. The Labute approximate surface area is 301 Å². The van der Waals surface area contributed by atoms with E-state index < -0.39 is 46.8 Å². The van der Waals surface area contributed by atoms with Crippen LogP contribution in [0.4, 0.5) is 21.0 Å². The monoisotopic (exact) mass is 712 g/mol. The normalized spacial score (nSPS) is 10.7. The summed E-state index contributed by atoms with van der Waals surface area (Å²) in [5.74, 6) is 6.47. The van der Waals surface area contributed by atoms with Crippen molar-refractivity contribution in [2.75, 3.05) is 24.7 Å². The molecule has 2 N–H and O–H groups in total. The Bertz CT molecular complexity index is 1770. The highest BCUT2D eigenvalue weighted by Gasteiger charge is 2.19. The van der Waals surface area contributed by atoms with Crippen LogP contribution in [-0.2, 0) is 32.2 Å². The maximum atomic E-state index is 12.8. The van der Waals surface area contributed by atoms with E-state index >= 15 is 0 Å². The van der Waals surface area contributed by atoms with Crippen LogP contribution in [0.3, 0.4) is 0 Å². The zero-order valence-electron chi connectivity index (χ0n) is 29.8. The molecule has 1 aromatic heterocycles. The molecule has 0 atom stereocenters. The van der Waals surface area contributed by atoms with Crippen LogP contribution in [0.25, 0.3) is 0 Å². The summed E-state index contributed by atoms with van der Waals surface area (Å²) in [6.45, 7) is 10.9. The number of carbonyl (C=O) groups excluding carboxylic acids is 6. The van der Waals surface area contributed by atoms with Gasteiger partial charge in [-0.3, -0.25) is 29.8 Å². The highest BCUT2D eigenvalue weighted by atomic mass is 32.1. The number of hydrogen-bond acceptors (Lipinski definition) is 9. The zero-order valence-corrected chi connectivity index (χ0v) is 30.6. The molecule has 0 radical (unpaired) electrons. The van der Waals surface area contributed by atoms with Gasteiger partial charge in [0.1, 0.15) is 11.2 Å². The average molecular weight is 713 g/mol. The van der Waals surface area contributed by atoms with Crippen molar-refractivity contribution >= 4 is 58.3 Å². The van der Waals surface area contributed by atoms with E-state index in [-0.39, 0.29) is 24.2 Å². The maximum Gasteiger partial charge on any atom is 0.412 e. The number of ether oxygens (including phenoxy) is 2. The molecule has 0 aliphatic heterocycles. The molecule has 13 heteroatoms. The van der Waals surface area contributed by atoms with Gasteiger partial charge in [0.25, 0.3) is 11.8 Å². The molecule has 51 heavy (non-hydrogen) atoms. The molecule has 0 fully saturated rings. The molecule has 0 unspecified atom stereocenters. The third-order valence-electron chi connectivity index (χ3n) is 6.45. The van der Waals surface area contributed by atoms with Crippen LogP contribution in [0.5, 0.6) is 0 Å². The first-order valence-corrected chi connectivity index (χ1v) is 16.6. The third-order valence-corrected chi connectivity index (χ3v) is 7.19. The van der Waals surface area contributed by atoms with Crippen molar-refractivity contribution in [3.8, 4) is 23.7 Å². The zero-order chi connectivity index (χ0) is 37.9. The van der Waals surface area contributed by atoms with Crippen molar-refractivity contribution in [2.45, 2.75) is 65.8 Å². The molecule has 2 aromatic carbocycles. The minimum absolute atomic E-state index is 0.0174. The van der Waals surface area contributed by atoms with Gasteiger partial charge in [0.2, 0.25) is 11.6 Å². The molecule has 1 heterocycles. The fraction of sp³-hybridized carbons (Fsp3) is 0.316. The predicted molar refractivity (Wildman–Crippen MR) is 194 cm³/mol. The van der Waals surface area contributed by atoms with E-state index in [9.17, 15) is 28.8 Å². The molecule has 0 bridgehead atoms.